The number of esters is 2. The summed E-state index contributed by atoms with van der Waals surface area (Å²) in [5, 5.41) is 0. The van der Waals surface area contributed by atoms with Crippen LogP contribution in [0.3, 0.4) is 0 Å². The van der Waals surface area contributed by atoms with E-state index in [4.69, 9.17) is 18.5 Å². The van der Waals surface area contributed by atoms with Crippen LogP contribution in [0.5, 0.6) is 0 Å². The summed E-state index contributed by atoms with van der Waals surface area (Å²) in [7, 11) is 1.17. The van der Waals surface area contributed by atoms with E-state index in [0.29, 0.717) is 17.4 Å². The lowest BCUT2D eigenvalue weighted by Crippen LogP contribution is -2.37. The Balaban J connectivity index is 4.22. The van der Waals surface area contributed by atoms with Gasteiger partial charge in [-0.25, -0.2) is 0 Å². The van der Waals surface area contributed by atoms with E-state index in [-0.39, 0.29) is 32.0 Å². The van der Waals surface area contributed by atoms with E-state index in [1.54, 1.807) is 0 Å². The van der Waals surface area contributed by atoms with E-state index in [1.807, 2.05) is 21.1 Å². The molecular formula is C47H92NO8P. The molecule has 0 aromatic carbocycles. The molecular weight excluding hydrogens is 737 g/mol. The lowest BCUT2D eigenvalue weighted by atomic mass is 10.0. The summed E-state index contributed by atoms with van der Waals surface area (Å²) >= 11 is 0. The Morgan fingerprint density at radius 1 is 0.526 bits per heavy atom. The van der Waals surface area contributed by atoms with Crippen LogP contribution in [0.15, 0.2) is 12.2 Å². The molecule has 0 amide bonds. The molecule has 0 aliphatic heterocycles. The smallest absolute Gasteiger partial charge is 0.306 e. The Morgan fingerprint density at radius 2 is 0.895 bits per heavy atom. The second kappa shape index (κ2) is 40.2. The average molecular weight is 830 g/mol. The van der Waals surface area contributed by atoms with E-state index >= 15 is 0 Å². The van der Waals surface area contributed by atoms with Crippen LogP contribution in [0.1, 0.15) is 226 Å². The minimum atomic E-state index is -4.62. The second-order valence-corrected chi connectivity index (χ2v) is 18.9. The zero-order valence-corrected chi connectivity index (χ0v) is 38.9. The predicted molar refractivity (Wildman–Crippen MR) is 236 cm³/mol. The van der Waals surface area contributed by atoms with Gasteiger partial charge in [-0.1, -0.05) is 187 Å². The molecule has 0 rings (SSSR count). The fourth-order valence-corrected chi connectivity index (χ4v) is 7.50. The molecule has 0 aromatic heterocycles. The van der Waals surface area contributed by atoms with E-state index in [2.05, 4.69) is 26.0 Å². The predicted octanol–water partition coefficient (Wildman–Crippen LogP) is 13.1. The lowest BCUT2D eigenvalue weighted by molar-refractivity contribution is -0.870. The van der Waals surface area contributed by atoms with Crippen LogP contribution in [-0.2, 0) is 32.7 Å². The summed E-state index contributed by atoms with van der Waals surface area (Å²) in [5.41, 5.74) is 0. The van der Waals surface area contributed by atoms with Crippen LogP contribution >= 0.6 is 7.82 Å². The highest BCUT2D eigenvalue weighted by atomic mass is 31.2. The highest BCUT2D eigenvalue weighted by Gasteiger charge is 2.21. The molecule has 10 heteroatoms. The van der Waals surface area contributed by atoms with Gasteiger partial charge in [0.05, 0.1) is 27.7 Å². The van der Waals surface area contributed by atoms with Crippen molar-refractivity contribution in [1.29, 1.82) is 0 Å². The topological polar surface area (TPSA) is 111 Å². The van der Waals surface area contributed by atoms with Crippen molar-refractivity contribution >= 4 is 19.8 Å². The Morgan fingerprint density at radius 3 is 1.33 bits per heavy atom. The van der Waals surface area contributed by atoms with Crippen LogP contribution in [0.4, 0.5) is 0 Å². The van der Waals surface area contributed by atoms with Gasteiger partial charge in [-0.2, -0.15) is 0 Å². The first-order chi connectivity index (χ1) is 27.5. The Hall–Kier alpha value is -1.25. The van der Waals surface area contributed by atoms with Crippen molar-refractivity contribution in [3.8, 4) is 0 Å². The van der Waals surface area contributed by atoms with Crippen LogP contribution < -0.4 is 4.89 Å². The zero-order chi connectivity index (χ0) is 42.1. The van der Waals surface area contributed by atoms with Gasteiger partial charge in [0.15, 0.2) is 6.10 Å². The molecule has 57 heavy (non-hydrogen) atoms. The molecule has 0 spiro atoms. The summed E-state index contributed by atoms with van der Waals surface area (Å²) < 4.78 is 33.9. The average Bonchev–Trinajstić information content (AvgIpc) is 3.16. The van der Waals surface area contributed by atoms with Crippen molar-refractivity contribution in [2.75, 3.05) is 47.5 Å². The van der Waals surface area contributed by atoms with Gasteiger partial charge in [0, 0.05) is 12.8 Å². The van der Waals surface area contributed by atoms with Crippen molar-refractivity contribution < 1.29 is 42.1 Å². The number of nitrogens with zero attached hydrogens (tertiary/aromatic N) is 1. The van der Waals surface area contributed by atoms with Gasteiger partial charge < -0.3 is 27.9 Å². The van der Waals surface area contributed by atoms with Crippen molar-refractivity contribution in [2.24, 2.45) is 0 Å². The van der Waals surface area contributed by atoms with Gasteiger partial charge in [0.25, 0.3) is 7.82 Å². The van der Waals surface area contributed by atoms with Crippen LogP contribution in [0.25, 0.3) is 0 Å². The third kappa shape index (κ3) is 44.1. The Bertz CT molecular complexity index is 985. The molecule has 0 aliphatic rings. The molecule has 0 saturated carbocycles. The van der Waals surface area contributed by atoms with E-state index in [0.717, 1.165) is 51.4 Å². The monoisotopic (exact) mass is 830 g/mol. The van der Waals surface area contributed by atoms with Crippen LogP contribution in [0.2, 0.25) is 0 Å². The fraction of sp³-hybridized carbons (Fsp3) is 0.915. The number of likely N-dealkylation sites (N-methyl/N-ethyl adjacent to an activating group) is 1. The molecule has 1 unspecified atom stereocenters. The molecule has 338 valence electrons. The van der Waals surface area contributed by atoms with Crippen molar-refractivity contribution in [2.45, 2.75) is 232 Å². The van der Waals surface area contributed by atoms with Crippen LogP contribution in [0, 0.1) is 0 Å². The van der Waals surface area contributed by atoms with Crippen molar-refractivity contribution in [3.63, 3.8) is 0 Å². The standard InChI is InChI=1S/C47H92NO8P/c1-6-8-10-12-14-16-18-20-21-22-23-24-25-26-27-28-30-32-34-36-38-40-47(50)56-45(44-55-57(51,52)54-42-41-48(3,4)5)43-53-46(49)39-37-35-33-31-29-19-17-15-13-11-9-7-2/h15,17,45H,6-14,16,18-44H2,1-5H3/b17-15+/t45-/m1/s1. The molecule has 9 nitrogen and oxygen atoms in total. The number of allylic oxidation sites excluding steroid dienone is 2. The minimum Gasteiger partial charge on any atom is -0.756 e. The molecule has 2 atom stereocenters. The molecule has 0 N–H and O–H groups in total. The summed E-state index contributed by atoms with van der Waals surface area (Å²) in [6, 6.07) is 0. The zero-order valence-electron chi connectivity index (χ0n) is 38.1. The number of hydrogen-bond acceptors (Lipinski definition) is 8. The summed E-state index contributed by atoms with van der Waals surface area (Å²) in [6.07, 6.45) is 42.4. The number of phosphoric acid groups is 1. The molecule has 0 saturated heterocycles. The first kappa shape index (κ1) is 55.8. The minimum absolute atomic E-state index is 0.0288. The van der Waals surface area contributed by atoms with Gasteiger partial charge in [-0.3, -0.25) is 14.2 Å². The SMILES string of the molecule is CCCCC/C=C/CCCCCCCC(=O)OC[C@H](COP(=O)([O-])OCC[N+](C)(C)C)OC(=O)CCCCCCCCCCCCCCCCCCCCCCC. The third-order valence-corrected chi connectivity index (χ3v) is 11.5. The Labute approximate surface area is 352 Å². The van der Waals surface area contributed by atoms with Gasteiger partial charge in [-0.05, 0) is 38.5 Å². The normalized spacial score (nSPS) is 13.6. The molecule has 0 aromatic rings. The highest BCUT2D eigenvalue weighted by molar-refractivity contribution is 7.45. The molecule has 0 fully saturated rings. The van der Waals surface area contributed by atoms with Gasteiger partial charge in [0.1, 0.15) is 19.8 Å². The third-order valence-electron chi connectivity index (χ3n) is 10.5. The summed E-state index contributed by atoms with van der Waals surface area (Å²) in [5.74, 6) is -0.833. The molecule has 0 radical (unpaired) electrons. The first-order valence-corrected chi connectivity index (χ1v) is 25.4. The van der Waals surface area contributed by atoms with Crippen LogP contribution in [-0.4, -0.2) is 70.0 Å². The number of unbranched alkanes of at least 4 members (excludes halogenated alkanes) is 28. The van der Waals surface area contributed by atoms with E-state index in [1.165, 1.54) is 141 Å². The van der Waals surface area contributed by atoms with Gasteiger partial charge in [-0.15, -0.1) is 0 Å². The maximum atomic E-state index is 12.7. The number of hydrogen-bond donors (Lipinski definition) is 0. The molecule has 0 bridgehead atoms. The lowest BCUT2D eigenvalue weighted by Gasteiger charge is -2.28. The largest absolute Gasteiger partial charge is 0.756 e. The summed E-state index contributed by atoms with van der Waals surface area (Å²) in [6.45, 7) is 4.23. The number of ether oxygens (including phenoxy) is 2. The number of quaternary nitrogens is 1. The van der Waals surface area contributed by atoms with Gasteiger partial charge in [0.2, 0.25) is 0 Å². The van der Waals surface area contributed by atoms with E-state index in [9.17, 15) is 19.0 Å². The quantitative estimate of drug-likeness (QED) is 0.0196. The summed E-state index contributed by atoms with van der Waals surface area (Å²) in [4.78, 5) is 37.6. The van der Waals surface area contributed by atoms with Crippen molar-refractivity contribution in [3.05, 3.63) is 12.2 Å². The fourth-order valence-electron chi connectivity index (χ4n) is 6.77. The number of carbonyl (C=O) groups excluding carboxylic acids is 2. The maximum absolute atomic E-state index is 12.7. The number of rotatable bonds is 44. The van der Waals surface area contributed by atoms with E-state index < -0.39 is 26.5 Å². The maximum Gasteiger partial charge on any atom is 0.306 e. The molecule has 0 aliphatic carbocycles. The number of phosphoric ester groups is 1. The number of carbonyl (C=O) groups is 2. The second-order valence-electron chi connectivity index (χ2n) is 17.5. The highest BCUT2D eigenvalue weighted by Crippen LogP contribution is 2.38. The molecule has 0 heterocycles. The Kier molecular flexibility index (Phi) is 39.3. The first-order valence-electron chi connectivity index (χ1n) is 23.9. The van der Waals surface area contributed by atoms with Gasteiger partial charge >= 0.3 is 11.9 Å². The van der Waals surface area contributed by atoms with Crippen molar-refractivity contribution in [1.82, 2.24) is 0 Å².